The van der Waals surface area contributed by atoms with Crippen LogP contribution in [-0.2, 0) is 0 Å². The zero-order chi connectivity index (χ0) is 9.52. The summed E-state index contributed by atoms with van der Waals surface area (Å²) in [5.41, 5.74) is 0.838. The first-order valence-electron chi connectivity index (χ1n) is 4.07. The molecule has 0 bridgehead atoms. The molecule has 1 aliphatic rings. The highest BCUT2D eigenvalue weighted by molar-refractivity contribution is 9.09. The predicted octanol–water partition coefficient (Wildman–Crippen LogP) is 2.76. The predicted molar refractivity (Wildman–Crippen MR) is 57.3 cm³/mol. The summed E-state index contributed by atoms with van der Waals surface area (Å²) in [5.74, 6) is 0. The van der Waals surface area contributed by atoms with E-state index in [0.717, 1.165) is 23.9 Å². The van der Waals surface area contributed by atoms with Gasteiger partial charge < -0.3 is 4.90 Å². The molecule has 0 fully saturated rings. The van der Waals surface area contributed by atoms with Crippen LogP contribution in [-0.4, -0.2) is 16.8 Å². The average molecular weight is 243 g/mol. The Labute approximate surface area is 85.9 Å². The summed E-state index contributed by atoms with van der Waals surface area (Å²) < 4.78 is 0. The van der Waals surface area contributed by atoms with Gasteiger partial charge in [0.2, 0.25) is 0 Å². The van der Waals surface area contributed by atoms with Gasteiger partial charge in [-0.1, -0.05) is 15.9 Å². The molecule has 4 heteroatoms. The van der Waals surface area contributed by atoms with Crippen LogP contribution >= 0.6 is 15.9 Å². The summed E-state index contributed by atoms with van der Waals surface area (Å²) in [5, 5.41) is 3.71. The van der Waals surface area contributed by atoms with Crippen molar-refractivity contribution in [2.45, 2.75) is 6.42 Å². The topological polar surface area (TPSA) is 32.7 Å². The van der Waals surface area contributed by atoms with E-state index in [2.05, 4.69) is 26.0 Å². The SMILES string of the molecule is O=NC=C1C=CN(CCCBr)C=C1. The highest BCUT2D eigenvalue weighted by Crippen LogP contribution is 2.09. The summed E-state index contributed by atoms with van der Waals surface area (Å²) in [4.78, 5) is 12.0. The zero-order valence-electron chi connectivity index (χ0n) is 7.19. The smallest absolute Gasteiger partial charge is 0.0788 e. The second-order valence-electron chi connectivity index (χ2n) is 2.65. The van der Waals surface area contributed by atoms with Gasteiger partial charge in [-0.3, -0.25) is 0 Å². The third kappa shape index (κ3) is 3.55. The maximum Gasteiger partial charge on any atom is 0.0788 e. The Hall–Kier alpha value is -0.900. The normalized spacial score (nSPS) is 14.8. The minimum Gasteiger partial charge on any atom is -0.354 e. The van der Waals surface area contributed by atoms with Gasteiger partial charge in [0.05, 0.1) is 6.20 Å². The molecule has 1 heterocycles. The van der Waals surface area contributed by atoms with E-state index >= 15 is 0 Å². The average Bonchev–Trinajstić information content (AvgIpc) is 2.17. The summed E-state index contributed by atoms with van der Waals surface area (Å²) in [6.07, 6.45) is 10.0. The minimum absolute atomic E-state index is 0.838. The summed E-state index contributed by atoms with van der Waals surface area (Å²) in [6, 6.07) is 0. The van der Waals surface area contributed by atoms with Crippen molar-refractivity contribution < 1.29 is 0 Å². The highest BCUT2D eigenvalue weighted by atomic mass is 79.9. The fourth-order valence-electron chi connectivity index (χ4n) is 1.01. The Morgan fingerprint density at radius 3 is 2.69 bits per heavy atom. The van der Waals surface area contributed by atoms with Crippen molar-refractivity contribution in [3.63, 3.8) is 0 Å². The fraction of sp³-hybridized carbons (Fsp3) is 0.333. The van der Waals surface area contributed by atoms with E-state index in [1.165, 1.54) is 6.20 Å². The lowest BCUT2D eigenvalue weighted by atomic mass is 10.2. The molecule has 0 spiro atoms. The van der Waals surface area contributed by atoms with Crippen molar-refractivity contribution in [1.29, 1.82) is 0 Å². The molecule has 3 nitrogen and oxygen atoms in total. The molecule has 0 aromatic heterocycles. The van der Waals surface area contributed by atoms with E-state index in [9.17, 15) is 4.91 Å². The number of alkyl halides is 1. The van der Waals surface area contributed by atoms with Gasteiger partial charge in [-0.15, -0.1) is 4.91 Å². The quantitative estimate of drug-likeness (QED) is 0.561. The molecule has 1 aliphatic heterocycles. The molecular weight excluding hydrogens is 232 g/mol. The van der Waals surface area contributed by atoms with Gasteiger partial charge in [0, 0.05) is 24.3 Å². The molecule has 0 saturated heterocycles. The Morgan fingerprint density at radius 1 is 1.46 bits per heavy atom. The van der Waals surface area contributed by atoms with Crippen molar-refractivity contribution in [1.82, 2.24) is 4.90 Å². The van der Waals surface area contributed by atoms with E-state index in [-0.39, 0.29) is 0 Å². The molecule has 0 aromatic rings. The lowest BCUT2D eigenvalue weighted by Crippen LogP contribution is -2.13. The zero-order valence-corrected chi connectivity index (χ0v) is 8.77. The molecule has 0 saturated carbocycles. The first-order valence-corrected chi connectivity index (χ1v) is 5.19. The van der Waals surface area contributed by atoms with Crippen LogP contribution in [0.15, 0.2) is 41.5 Å². The number of rotatable bonds is 4. The van der Waals surface area contributed by atoms with Crippen LogP contribution in [0, 0.1) is 4.91 Å². The van der Waals surface area contributed by atoms with Gasteiger partial charge in [-0.2, -0.15) is 0 Å². The summed E-state index contributed by atoms with van der Waals surface area (Å²) in [6.45, 7) is 0.986. The molecule has 70 valence electrons. The number of hydrogen-bond acceptors (Lipinski definition) is 3. The standard InChI is InChI=1S/C9H11BrN2O/c10-4-1-5-12-6-2-9(3-7-12)8-11-13/h2-3,6-8H,1,4-5H2. The molecule has 0 atom stereocenters. The van der Waals surface area contributed by atoms with Gasteiger partial charge in [-0.05, 0) is 29.3 Å². The Kier molecular flexibility index (Phi) is 4.46. The van der Waals surface area contributed by atoms with Gasteiger partial charge >= 0.3 is 0 Å². The number of nitroso groups, excluding NO2 is 1. The molecule has 0 N–H and O–H groups in total. The molecule has 13 heavy (non-hydrogen) atoms. The number of allylic oxidation sites excluding steroid dienone is 3. The molecule has 1 rings (SSSR count). The van der Waals surface area contributed by atoms with E-state index < -0.39 is 0 Å². The molecule has 0 aliphatic carbocycles. The van der Waals surface area contributed by atoms with Crippen LogP contribution in [0.4, 0.5) is 0 Å². The molecule has 0 amide bonds. The largest absolute Gasteiger partial charge is 0.354 e. The van der Waals surface area contributed by atoms with Gasteiger partial charge in [0.15, 0.2) is 0 Å². The van der Waals surface area contributed by atoms with Crippen molar-refractivity contribution in [2.24, 2.45) is 5.18 Å². The Balaban J connectivity index is 2.43. The highest BCUT2D eigenvalue weighted by Gasteiger charge is 1.99. The fourth-order valence-corrected chi connectivity index (χ4v) is 1.26. The van der Waals surface area contributed by atoms with Crippen LogP contribution in [0.5, 0.6) is 0 Å². The van der Waals surface area contributed by atoms with Crippen LogP contribution in [0.25, 0.3) is 0 Å². The van der Waals surface area contributed by atoms with Crippen molar-refractivity contribution in [2.75, 3.05) is 11.9 Å². The van der Waals surface area contributed by atoms with Gasteiger partial charge in [-0.25, -0.2) is 0 Å². The van der Waals surface area contributed by atoms with Gasteiger partial charge in [0.25, 0.3) is 0 Å². The lowest BCUT2D eigenvalue weighted by molar-refractivity contribution is 0.500. The summed E-state index contributed by atoms with van der Waals surface area (Å²) in [7, 11) is 0. The van der Waals surface area contributed by atoms with Crippen molar-refractivity contribution in [3.8, 4) is 0 Å². The first-order chi connectivity index (χ1) is 6.36. The molecular formula is C9H11BrN2O. The van der Waals surface area contributed by atoms with Crippen LogP contribution in [0.2, 0.25) is 0 Å². The molecule has 0 radical (unpaired) electrons. The number of nitrogens with zero attached hydrogens (tertiary/aromatic N) is 2. The lowest BCUT2D eigenvalue weighted by Gasteiger charge is -2.17. The molecule has 0 aromatic carbocycles. The second-order valence-corrected chi connectivity index (χ2v) is 3.44. The van der Waals surface area contributed by atoms with Gasteiger partial charge in [0.1, 0.15) is 0 Å². The Bertz CT molecular complexity index is 242. The first kappa shape index (κ1) is 10.2. The van der Waals surface area contributed by atoms with Crippen molar-refractivity contribution in [3.05, 3.63) is 41.2 Å². The van der Waals surface area contributed by atoms with E-state index in [0.29, 0.717) is 0 Å². The van der Waals surface area contributed by atoms with Crippen LogP contribution in [0.1, 0.15) is 6.42 Å². The second kappa shape index (κ2) is 5.70. The summed E-state index contributed by atoms with van der Waals surface area (Å²) >= 11 is 3.37. The van der Waals surface area contributed by atoms with E-state index in [1.807, 2.05) is 24.6 Å². The third-order valence-electron chi connectivity index (χ3n) is 1.67. The minimum atomic E-state index is 0.838. The monoisotopic (exact) mass is 242 g/mol. The number of halogens is 1. The van der Waals surface area contributed by atoms with Crippen molar-refractivity contribution >= 4 is 15.9 Å². The van der Waals surface area contributed by atoms with E-state index in [1.54, 1.807) is 0 Å². The van der Waals surface area contributed by atoms with Crippen LogP contribution in [0.3, 0.4) is 0 Å². The Morgan fingerprint density at radius 2 is 2.15 bits per heavy atom. The van der Waals surface area contributed by atoms with E-state index in [4.69, 9.17) is 0 Å². The maximum absolute atomic E-state index is 9.91. The number of hydrogen-bond donors (Lipinski definition) is 0. The third-order valence-corrected chi connectivity index (χ3v) is 2.23. The van der Waals surface area contributed by atoms with Crippen LogP contribution < -0.4 is 0 Å². The maximum atomic E-state index is 9.91. The molecule has 0 unspecified atom stereocenters.